The lowest BCUT2D eigenvalue weighted by Gasteiger charge is -2.29. The van der Waals surface area contributed by atoms with Crippen molar-refractivity contribution in [2.75, 3.05) is 18.6 Å². The quantitative estimate of drug-likeness (QED) is 0.429. The molecule has 170 valence electrons. The molecule has 0 radical (unpaired) electrons. The lowest BCUT2D eigenvalue weighted by atomic mass is 10.0. The number of carbonyl (C=O) groups excluding carboxylic acids is 4. The van der Waals surface area contributed by atoms with Crippen LogP contribution in [0.4, 0.5) is 4.79 Å². The number of hydrogen-bond acceptors (Lipinski definition) is 5. The Labute approximate surface area is 186 Å². The number of benzene rings is 1. The van der Waals surface area contributed by atoms with Crippen molar-refractivity contribution in [1.29, 1.82) is 0 Å². The maximum atomic E-state index is 13.2. The molecule has 0 unspecified atom stereocenters. The molecule has 1 fully saturated rings. The molecule has 10 heteroatoms. The van der Waals surface area contributed by atoms with Gasteiger partial charge in [0.1, 0.15) is 12.1 Å². The van der Waals surface area contributed by atoms with Gasteiger partial charge in [0.15, 0.2) is 0 Å². The summed E-state index contributed by atoms with van der Waals surface area (Å²) < 4.78 is 0. The maximum absolute atomic E-state index is 13.2. The fourth-order valence-corrected chi connectivity index (χ4v) is 3.97. The normalized spacial score (nSPS) is 19.0. The standard InChI is InChI=1S/C21H31N5O4S/c1-13(2)23-21(30)25-15-9-10-26(17(27)12-31-3)18(15)20(29)24-16(19(22)28)11-14-7-5-4-6-8-14/h4-8,13,15-16,18H,9-12H2,1-3H3,(H2,22,28)(H,24,29)(H2,23,25,30)/t15-,16+,18-/m0/s1. The Kier molecular flexibility index (Phi) is 9.17. The third-order valence-electron chi connectivity index (χ3n) is 4.93. The van der Waals surface area contributed by atoms with Crippen LogP contribution in [0.15, 0.2) is 30.3 Å². The van der Waals surface area contributed by atoms with E-state index < -0.39 is 36.0 Å². The number of nitrogens with zero attached hydrogens (tertiary/aromatic N) is 1. The molecular weight excluding hydrogens is 418 g/mol. The van der Waals surface area contributed by atoms with E-state index in [1.165, 1.54) is 16.7 Å². The van der Waals surface area contributed by atoms with Crippen molar-refractivity contribution in [3.63, 3.8) is 0 Å². The average molecular weight is 450 g/mol. The van der Waals surface area contributed by atoms with Gasteiger partial charge in [0.25, 0.3) is 0 Å². The molecule has 0 aliphatic carbocycles. The van der Waals surface area contributed by atoms with Crippen LogP contribution in [0.5, 0.6) is 0 Å². The van der Waals surface area contributed by atoms with Crippen LogP contribution < -0.4 is 21.7 Å². The molecule has 0 bridgehead atoms. The van der Waals surface area contributed by atoms with Crippen LogP contribution in [0, 0.1) is 0 Å². The van der Waals surface area contributed by atoms with Crippen LogP contribution in [0.2, 0.25) is 0 Å². The van der Waals surface area contributed by atoms with E-state index >= 15 is 0 Å². The number of amides is 5. The van der Waals surface area contributed by atoms with E-state index in [1.54, 1.807) is 6.26 Å². The Balaban J connectivity index is 2.18. The van der Waals surface area contributed by atoms with E-state index in [0.29, 0.717) is 13.0 Å². The van der Waals surface area contributed by atoms with Crippen LogP contribution in [0.25, 0.3) is 0 Å². The number of thioether (sulfide) groups is 1. The largest absolute Gasteiger partial charge is 0.368 e. The predicted molar refractivity (Wildman–Crippen MR) is 120 cm³/mol. The molecule has 1 aliphatic heterocycles. The zero-order chi connectivity index (χ0) is 23.0. The van der Waals surface area contributed by atoms with Crippen molar-refractivity contribution in [2.24, 2.45) is 5.73 Å². The van der Waals surface area contributed by atoms with Gasteiger partial charge in [0.2, 0.25) is 17.7 Å². The van der Waals surface area contributed by atoms with Crippen LogP contribution in [-0.4, -0.2) is 71.4 Å². The molecule has 1 aliphatic rings. The average Bonchev–Trinajstić information content (AvgIpc) is 3.11. The molecule has 1 saturated heterocycles. The Bertz CT molecular complexity index is 789. The number of rotatable bonds is 9. The number of nitrogens with two attached hydrogens (primary N) is 1. The molecular formula is C21H31N5O4S. The third kappa shape index (κ3) is 7.16. The van der Waals surface area contributed by atoms with Gasteiger partial charge in [-0.2, -0.15) is 11.8 Å². The molecule has 3 atom stereocenters. The van der Waals surface area contributed by atoms with Crippen molar-refractivity contribution < 1.29 is 19.2 Å². The van der Waals surface area contributed by atoms with Crippen LogP contribution in [0.1, 0.15) is 25.8 Å². The van der Waals surface area contributed by atoms with Crippen molar-refractivity contribution in [3.05, 3.63) is 35.9 Å². The number of nitrogens with one attached hydrogen (secondary N) is 3. The van der Waals surface area contributed by atoms with E-state index in [0.717, 1.165) is 5.56 Å². The van der Waals surface area contributed by atoms with Gasteiger partial charge in [0.05, 0.1) is 11.8 Å². The Hall–Kier alpha value is -2.75. The summed E-state index contributed by atoms with van der Waals surface area (Å²) in [4.78, 5) is 51.5. The molecule has 1 aromatic rings. The van der Waals surface area contributed by atoms with E-state index in [2.05, 4.69) is 16.0 Å². The second-order valence-corrected chi connectivity index (χ2v) is 8.65. The summed E-state index contributed by atoms with van der Waals surface area (Å²) in [5.74, 6) is -1.15. The fraction of sp³-hybridized carbons (Fsp3) is 0.524. The molecule has 1 aromatic carbocycles. The Morgan fingerprint density at radius 2 is 1.84 bits per heavy atom. The van der Waals surface area contributed by atoms with Gasteiger partial charge in [-0.05, 0) is 32.1 Å². The first-order valence-electron chi connectivity index (χ1n) is 10.2. The minimum absolute atomic E-state index is 0.0759. The zero-order valence-electron chi connectivity index (χ0n) is 18.1. The smallest absolute Gasteiger partial charge is 0.315 e. The lowest BCUT2D eigenvalue weighted by molar-refractivity contribution is -0.138. The molecule has 0 saturated carbocycles. The summed E-state index contributed by atoms with van der Waals surface area (Å²) in [6.45, 7) is 3.99. The summed E-state index contributed by atoms with van der Waals surface area (Å²) in [7, 11) is 0. The van der Waals surface area contributed by atoms with Crippen molar-refractivity contribution in [3.8, 4) is 0 Å². The van der Waals surface area contributed by atoms with E-state index in [1.807, 2.05) is 44.2 Å². The van der Waals surface area contributed by atoms with Crippen molar-refractivity contribution in [2.45, 2.75) is 50.9 Å². The number of hydrogen-bond donors (Lipinski definition) is 4. The topological polar surface area (TPSA) is 134 Å². The van der Waals surface area contributed by atoms with Crippen LogP contribution in [-0.2, 0) is 20.8 Å². The highest BCUT2D eigenvalue weighted by Crippen LogP contribution is 2.20. The van der Waals surface area contributed by atoms with E-state index in [4.69, 9.17) is 5.73 Å². The van der Waals surface area contributed by atoms with Crippen LogP contribution >= 0.6 is 11.8 Å². The second kappa shape index (κ2) is 11.6. The van der Waals surface area contributed by atoms with Gasteiger partial charge in [0, 0.05) is 19.0 Å². The summed E-state index contributed by atoms with van der Waals surface area (Å²) in [5, 5.41) is 8.21. The summed E-state index contributed by atoms with van der Waals surface area (Å²) >= 11 is 1.36. The molecule has 31 heavy (non-hydrogen) atoms. The van der Waals surface area contributed by atoms with Crippen LogP contribution in [0.3, 0.4) is 0 Å². The van der Waals surface area contributed by atoms with Crippen molar-refractivity contribution in [1.82, 2.24) is 20.9 Å². The molecule has 0 aromatic heterocycles. The lowest BCUT2D eigenvalue weighted by Crippen LogP contribution is -2.59. The van der Waals surface area contributed by atoms with E-state index in [-0.39, 0.29) is 24.1 Å². The first kappa shape index (κ1) is 24.5. The monoisotopic (exact) mass is 449 g/mol. The summed E-state index contributed by atoms with van der Waals surface area (Å²) in [6.07, 6.45) is 2.47. The maximum Gasteiger partial charge on any atom is 0.315 e. The number of likely N-dealkylation sites (tertiary alicyclic amines) is 1. The number of primary amides is 1. The molecule has 5 amide bonds. The Morgan fingerprint density at radius 1 is 1.16 bits per heavy atom. The fourth-order valence-electron chi connectivity index (χ4n) is 3.56. The van der Waals surface area contributed by atoms with E-state index in [9.17, 15) is 19.2 Å². The SMILES string of the molecule is CSCC(=O)N1CC[C@H](NC(=O)NC(C)C)[C@H]1C(=O)N[C@H](Cc1ccccc1)C(N)=O. The highest BCUT2D eigenvalue weighted by Gasteiger charge is 2.43. The summed E-state index contributed by atoms with van der Waals surface area (Å²) in [6, 6.07) is 6.29. The first-order chi connectivity index (χ1) is 14.7. The van der Waals surface area contributed by atoms with Gasteiger partial charge in [-0.3, -0.25) is 14.4 Å². The highest BCUT2D eigenvalue weighted by molar-refractivity contribution is 7.99. The molecule has 1 heterocycles. The number of urea groups is 1. The van der Waals surface area contributed by atoms with Gasteiger partial charge in [-0.15, -0.1) is 0 Å². The van der Waals surface area contributed by atoms with Gasteiger partial charge in [-0.25, -0.2) is 4.79 Å². The Morgan fingerprint density at radius 3 is 2.42 bits per heavy atom. The summed E-state index contributed by atoms with van der Waals surface area (Å²) in [5.41, 5.74) is 6.37. The third-order valence-corrected chi connectivity index (χ3v) is 5.47. The zero-order valence-corrected chi connectivity index (χ0v) is 18.9. The van der Waals surface area contributed by atoms with Gasteiger partial charge >= 0.3 is 6.03 Å². The predicted octanol–water partition coefficient (Wildman–Crippen LogP) is 0.239. The van der Waals surface area contributed by atoms with Gasteiger partial charge in [-0.1, -0.05) is 30.3 Å². The minimum Gasteiger partial charge on any atom is -0.368 e. The molecule has 2 rings (SSSR count). The number of carbonyl (C=O) groups is 4. The van der Waals surface area contributed by atoms with Crippen molar-refractivity contribution >= 4 is 35.5 Å². The minimum atomic E-state index is -0.932. The second-order valence-electron chi connectivity index (χ2n) is 7.79. The first-order valence-corrected chi connectivity index (χ1v) is 11.6. The molecule has 5 N–H and O–H groups in total. The molecule has 0 spiro atoms. The molecule has 9 nitrogen and oxygen atoms in total. The van der Waals surface area contributed by atoms with Gasteiger partial charge < -0.3 is 26.6 Å². The highest BCUT2D eigenvalue weighted by atomic mass is 32.2.